The minimum Gasteiger partial charge on any atom is -0.305 e. The van der Waals surface area contributed by atoms with Gasteiger partial charge in [-0.2, -0.15) is 18.3 Å². The first kappa shape index (κ1) is 21.4. The van der Waals surface area contributed by atoms with E-state index in [1.807, 2.05) is 37.2 Å². The molecule has 32 heavy (non-hydrogen) atoms. The topological polar surface area (TPSA) is 99.7 Å². The van der Waals surface area contributed by atoms with Crippen molar-refractivity contribution in [2.24, 2.45) is 0 Å². The summed E-state index contributed by atoms with van der Waals surface area (Å²) in [7, 11) is 3.94. The van der Waals surface area contributed by atoms with E-state index in [1.165, 1.54) is 0 Å². The van der Waals surface area contributed by atoms with E-state index in [2.05, 4.69) is 30.5 Å². The Hall–Kier alpha value is -3.86. The molecule has 0 unspecified atom stereocenters. The Balaban J connectivity index is 1.61. The highest BCUT2D eigenvalue weighted by Gasteiger charge is 2.32. The van der Waals surface area contributed by atoms with Crippen molar-refractivity contribution in [2.45, 2.75) is 12.7 Å². The Labute approximate surface area is 180 Å². The molecule has 164 valence electrons. The SMILES string of the molecule is CN(C)Cc1cncc(-c2ccc3[nH]nc(C(=O)Nc4cnc(C(F)(F)F)cn4)c3c2)c1. The maximum Gasteiger partial charge on any atom is 0.434 e. The molecule has 0 aliphatic rings. The third-order valence-corrected chi connectivity index (χ3v) is 4.59. The number of nitrogens with one attached hydrogen (secondary N) is 2. The zero-order valence-corrected chi connectivity index (χ0v) is 17.1. The molecule has 0 saturated heterocycles. The van der Waals surface area contributed by atoms with Crippen LogP contribution in [-0.2, 0) is 12.7 Å². The van der Waals surface area contributed by atoms with Crippen LogP contribution in [0.1, 0.15) is 21.7 Å². The molecule has 4 aromatic rings. The highest BCUT2D eigenvalue weighted by Crippen LogP contribution is 2.28. The molecule has 2 N–H and O–H groups in total. The minimum absolute atomic E-state index is 0.0842. The number of nitrogens with zero attached hydrogens (tertiary/aromatic N) is 5. The Morgan fingerprint density at radius 2 is 1.88 bits per heavy atom. The van der Waals surface area contributed by atoms with Gasteiger partial charge in [-0.1, -0.05) is 6.07 Å². The molecule has 4 rings (SSSR count). The number of anilines is 1. The van der Waals surface area contributed by atoms with Gasteiger partial charge in [-0.3, -0.25) is 14.9 Å². The second-order valence-electron chi connectivity index (χ2n) is 7.39. The van der Waals surface area contributed by atoms with Gasteiger partial charge in [0.15, 0.2) is 17.2 Å². The van der Waals surface area contributed by atoms with E-state index in [9.17, 15) is 18.0 Å². The molecule has 3 aromatic heterocycles. The Kier molecular flexibility index (Phi) is 5.57. The third-order valence-electron chi connectivity index (χ3n) is 4.59. The zero-order chi connectivity index (χ0) is 22.9. The monoisotopic (exact) mass is 441 g/mol. The van der Waals surface area contributed by atoms with Crippen LogP contribution in [0.4, 0.5) is 19.0 Å². The number of carbonyl (C=O) groups is 1. The van der Waals surface area contributed by atoms with Crippen molar-refractivity contribution in [1.82, 2.24) is 30.0 Å². The number of rotatable bonds is 5. The van der Waals surface area contributed by atoms with Crippen LogP contribution in [0.5, 0.6) is 0 Å². The molecule has 8 nitrogen and oxygen atoms in total. The summed E-state index contributed by atoms with van der Waals surface area (Å²) in [5.74, 6) is -0.738. The first-order valence-corrected chi connectivity index (χ1v) is 9.48. The number of aromatic nitrogens is 5. The number of alkyl halides is 3. The van der Waals surface area contributed by atoms with E-state index in [4.69, 9.17) is 0 Å². The van der Waals surface area contributed by atoms with Crippen LogP contribution in [0, 0.1) is 0 Å². The quantitative estimate of drug-likeness (QED) is 0.489. The summed E-state index contributed by atoms with van der Waals surface area (Å²) in [6.07, 6.45) is 0.331. The van der Waals surface area contributed by atoms with E-state index in [-0.39, 0.29) is 11.5 Å². The lowest BCUT2D eigenvalue weighted by atomic mass is 10.0. The molecule has 0 bridgehead atoms. The Bertz CT molecular complexity index is 1270. The summed E-state index contributed by atoms with van der Waals surface area (Å²) >= 11 is 0. The molecule has 0 spiro atoms. The molecular formula is C21H18F3N7O. The van der Waals surface area contributed by atoms with Gasteiger partial charge in [-0.15, -0.1) is 0 Å². The number of carbonyl (C=O) groups excluding carboxylic acids is 1. The molecule has 1 aromatic carbocycles. The molecule has 0 aliphatic carbocycles. The number of benzene rings is 1. The highest BCUT2D eigenvalue weighted by atomic mass is 19.4. The van der Waals surface area contributed by atoms with Crippen molar-refractivity contribution >= 4 is 22.6 Å². The first-order valence-electron chi connectivity index (χ1n) is 9.48. The van der Waals surface area contributed by atoms with Crippen LogP contribution in [-0.4, -0.2) is 50.1 Å². The minimum atomic E-state index is -4.61. The number of hydrogen-bond donors (Lipinski definition) is 2. The Morgan fingerprint density at radius 1 is 1.06 bits per heavy atom. The van der Waals surface area contributed by atoms with Crippen molar-refractivity contribution in [2.75, 3.05) is 19.4 Å². The van der Waals surface area contributed by atoms with Gasteiger partial charge in [0, 0.05) is 29.9 Å². The fourth-order valence-electron chi connectivity index (χ4n) is 3.18. The number of amides is 1. The molecule has 0 aliphatic heterocycles. The first-order chi connectivity index (χ1) is 15.2. The average molecular weight is 441 g/mol. The maximum atomic E-state index is 12.7. The summed E-state index contributed by atoms with van der Waals surface area (Å²) in [4.78, 5) is 25.9. The van der Waals surface area contributed by atoms with Crippen LogP contribution in [0.2, 0.25) is 0 Å². The largest absolute Gasteiger partial charge is 0.434 e. The summed E-state index contributed by atoms with van der Waals surface area (Å²) < 4.78 is 37.9. The molecule has 0 fully saturated rings. The number of hydrogen-bond acceptors (Lipinski definition) is 6. The average Bonchev–Trinajstić information content (AvgIpc) is 3.16. The van der Waals surface area contributed by atoms with E-state index >= 15 is 0 Å². The second-order valence-corrected chi connectivity index (χ2v) is 7.39. The number of H-pyrrole nitrogens is 1. The number of halogens is 3. The lowest BCUT2D eigenvalue weighted by Crippen LogP contribution is -2.15. The lowest BCUT2D eigenvalue weighted by molar-refractivity contribution is -0.141. The molecule has 0 saturated carbocycles. The van der Waals surface area contributed by atoms with E-state index in [0.29, 0.717) is 17.1 Å². The molecule has 0 radical (unpaired) electrons. The van der Waals surface area contributed by atoms with Gasteiger partial charge in [0.05, 0.1) is 17.9 Å². The summed E-state index contributed by atoms with van der Waals surface area (Å²) in [6, 6.07) is 7.51. The normalized spacial score (nSPS) is 11.8. The molecule has 11 heteroatoms. The van der Waals surface area contributed by atoms with Gasteiger partial charge < -0.3 is 10.2 Å². The van der Waals surface area contributed by atoms with Crippen LogP contribution >= 0.6 is 0 Å². The zero-order valence-electron chi connectivity index (χ0n) is 17.1. The predicted octanol–water partition coefficient (Wildman–Crippen LogP) is 3.75. The van der Waals surface area contributed by atoms with Crippen molar-refractivity contribution < 1.29 is 18.0 Å². The molecule has 1 amide bonds. The molecule has 0 atom stereocenters. The molecular weight excluding hydrogens is 423 g/mol. The second kappa shape index (κ2) is 8.35. The predicted molar refractivity (Wildman–Crippen MR) is 112 cm³/mol. The fraction of sp³-hybridized carbons (Fsp3) is 0.190. The van der Waals surface area contributed by atoms with Gasteiger partial charge in [-0.25, -0.2) is 9.97 Å². The van der Waals surface area contributed by atoms with Gasteiger partial charge in [-0.05, 0) is 43.4 Å². The maximum absolute atomic E-state index is 12.7. The molecule has 3 heterocycles. The summed E-state index contributed by atoms with van der Waals surface area (Å²) in [5, 5.41) is 9.81. The van der Waals surface area contributed by atoms with E-state index in [1.54, 1.807) is 18.5 Å². The van der Waals surface area contributed by atoms with Crippen LogP contribution in [0.15, 0.2) is 49.1 Å². The van der Waals surface area contributed by atoms with Crippen molar-refractivity contribution in [3.63, 3.8) is 0 Å². The smallest absolute Gasteiger partial charge is 0.305 e. The van der Waals surface area contributed by atoms with Crippen molar-refractivity contribution in [3.05, 3.63) is 66.0 Å². The number of pyridine rings is 1. The van der Waals surface area contributed by atoms with Crippen molar-refractivity contribution in [3.8, 4) is 11.1 Å². The number of fused-ring (bicyclic) bond motifs is 1. The highest BCUT2D eigenvalue weighted by molar-refractivity contribution is 6.11. The van der Waals surface area contributed by atoms with E-state index in [0.717, 1.165) is 29.4 Å². The van der Waals surface area contributed by atoms with Crippen LogP contribution in [0.3, 0.4) is 0 Å². The van der Waals surface area contributed by atoms with Crippen LogP contribution < -0.4 is 5.32 Å². The fourth-order valence-corrected chi connectivity index (χ4v) is 3.18. The summed E-state index contributed by atoms with van der Waals surface area (Å²) in [6.45, 7) is 0.733. The van der Waals surface area contributed by atoms with Crippen LogP contribution in [0.25, 0.3) is 22.0 Å². The lowest BCUT2D eigenvalue weighted by Gasteiger charge is -2.10. The number of aromatic amines is 1. The van der Waals surface area contributed by atoms with Gasteiger partial charge in [0.25, 0.3) is 5.91 Å². The van der Waals surface area contributed by atoms with Gasteiger partial charge >= 0.3 is 6.18 Å². The Morgan fingerprint density at radius 3 is 2.56 bits per heavy atom. The van der Waals surface area contributed by atoms with Gasteiger partial charge in [0.1, 0.15) is 0 Å². The third kappa shape index (κ3) is 4.57. The van der Waals surface area contributed by atoms with Gasteiger partial charge in [0.2, 0.25) is 0 Å². The van der Waals surface area contributed by atoms with E-state index < -0.39 is 17.8 Å². The summed E-state index contributed by atoms with van der Waals surface area (Å²) in [5.41, 5.74) is 2.34. The standard InChI is InChI=1S/C21H18F3N7O/c1-31(2)11-12-5-14(8-25-7-12)13-3-4-16-15(6-13)19(30-29-16)20(32)28-18-10-26-17(9-27-18)21(22,23)24/h3-10H,11H2,1-2H3,(H,29,30)(H,27,28,32). The van der Waals surface area contributed by atoms with Crippen molar-refractivity contribution in [1.29, 1.82) is 0 Å².